The maximum absolute atomic E-state index is 13.6. The summed E-state index contributed by atoms with van der Waals surface area (Å²) in [5.41, 5.74) is -0.891. The number of likely N-dealkylation sites (tertiary alicyclic amines) is 1. The molecule has 6 nitrogen and oxygen atoms in total. The molecule has 1 aliphatic heterocycles. The molecule has 2 aliphatic rings. The van der Waals surface area contributed by atoms with E-state index in [1.165, 1.54) is 32.1 Å². The Morgan fingerprint density at radius 1 is 1.24 bits per heavy atom. The van der Waals surface area contributed by atoms with Gasteiger partial charge in [-0.05, 0) is 48.5 Å². The summed E-state index contributed by atoms with van der Waals surface area (Å²) in [4.78, 5) is 20.5. The molecule has 6 heteroatoms. The zero-order valence-corrected chi connectivity index (χ0v) is 20.9. The van der Waals surface area contributed by atoms with Gasteiger partial charge in [0.05, 0.1) is 6.07 Å². The van der Waals surface area contributed by atoms with E-state index in [-0.39, 0.29) is 11.3 Å². The number of rotatable bonds is 7. The molecule has 2 atom stereocenters. The van der Waals surface area contributed by atoms with Gasteiger partial charge in [0.15, 0.2) is 0 Å². The van der Waals surface area contributed by atoms with E-state index in [4.69, 9.17) is 0 Å². The number of hydrogen-bond donors (Lipinski definition) is 2. The third kappa shape index (κ3) is 6.07. The Labute approximate surface area is 204 Å². The molecule has 2 N–H and O–H groups in total. The summed E-state index contributed by atoms with van der Waals surface area (Å²) in [6, 6.07) is 12.0. The lowest BCUT2D eigenvalue weighted by atomic mass is 9.87. The Morgan fingerprint density at radius 3 is 2.74 bits per heavy atom. The summed E-state index contributed by atoms with van der Waals surface area (Å²) in [5.74, 6) is 1.32. The van der Waals surface area contributed by atoms with E-state index in [1.807, 2.05) is 30.3 Å². The molecule has 1 saturated heterocycles. The molecule has 2 heterocycles. The van der Waals surface area contributed by atoms with E-state index in [0.717, 1.165) is 29.8 Å². The number of nitrogens with zero attached hydrogens (tertiary/aromatic N) is 3. The Hall–Kier alpha value is -2.65. The number of nitriles is 1. The fourth-order valence-electron chi connectivity index (χ4n) is 5.55. The Bertz CT molecular complexity index is 1030. The van der Waals surface area contributed by atoms with Crippen LogP contribution in [-0.2, 0) is 4.79 Å². The molecule has 0 radical (unpaired) electrons. The second-order valence-electron chi connectivity index (χ2n) is 11.5. The van der Waals surface area contributed by atoms with Crippen molar-refractivity contribution >= 4 is 22.5 Å². The maximum Gasteiger partial charge on any atom is 0.243 e. The topological polar surface area (TPSA) is 81.0 Å². The second kappa shape index (κ2) is 10.3. The lowest BCUT2D eigenvalue weighted by molar-refractivity contribution is -0.123. The van der Waals surface area contributed by atoms with Crippen LogP contribution >= 0.6 is 0 Å². The zero-order chi connectivity index (χ0) is 24.2. The van der Waals surface area contributed by atoms with Crippen molar-refractivity contribution < 1.29 is 4.79 Å². The average Bonchev–Trinajstić information content (AvgIpc) is 3.21. The van der Waals surface area contributed by atoms with Crippen molar-refractivity contribution in [1.82, 2.24) is 15.2 Å². The summed E-state index contributed by atoms with van der Waals surface area (Å²) < 4.78 is 0. The molecule has 1 aromatic heterocycles. The number of nitrogens with one attached hydrogen (secondary N) is 2. The fraction of sp³-hybridized carbons (Fsp3) is 0.607. The molecular weight excluding hydrogens is 422 g/mol. The van der Waals surface area contributed by atoms with Crippen molar-refractivity contribution in [3.8, 4) is 6.07 Å². The van der Waals surface area contributed by atoms with E-state index in [2.05, 4.69) is 47.4 Å². The molecule has 2 unspecified atom stereocenters. The van der Waals surface area contributed by atoms with Gasteiger partial charge < -0.3 is 10.6 Å². The van der Waals surface area contributed by atoms with E-state index < -0.39 is 11.6 Å². The molecule has 1 aromatic carbocycles. The van der Waals surface area contributed by atoms with Crippen LogP contribution in [0.25, 0.3) is 10.8 Å². The molecule has 2 aromatic rings. The highest BCUT2D eigenvalue weighted by atomic mass is 16.2. The average molecular weight is 462 g/mol. The molecule has 1 saturated carbocycles. The summed E-state index contributed by atoms with van der Waals surface area (Å²) in [7, 11) is 0. The predicted octanol–water partition coefficient (Wildman–Crippen LogP) is 5.12. The molecule has 1 aliphatic carbocycles. The molecule has 0 bridgehead atoms. The van der Waals surface area contributed by atoms with Crippen LogP contribution in [-0.4, -0.2) is 47.0 Å². The van der Waals surface area contributed by atoms with Crippen molar-refractivity contribution in [2.75, 3.05) is 25.0 Å². The van der Waals surface area contributed by atoms with Crippen LogP contribution in [0.3, 0.4) is 0 Å². The van der Waals surface area contributed by atoms with Gasteiger partial charge in [0.2, 0.25) is 5.91 Å². The largest absolute Gasteiger partial charge is 0.358 e. The van der Waals surface area contributed by atoms with Crippen molar-refractivity contribution in [1.29, 1.82) is 5.26 Å². The van der Waals surface area contributed by atoms with Crippen molar-refractivity contribution in [2.24, 2.45) is 11.3 Å². The second-order valence-corrected chi connectivity index (χ2v) is 11.5. The zero-order valence-electron chi connectivity index (χ0n) is 20.9. The first-order valence-electron chi connectivity index (χ1n) is 12.8. The fourth-order valence-corrected chi connectivity index (χ4v) is 5.55. The van der Waals surface area contributed by atoms with Gasteiger partial charge in [-0.15, -0.1) is 0 Å². The third-order valence-electron chi connectivity index (χ3n) is 7.28. The van der Waals surface area contributed by atoms with Gasteiger partial charge in [0, 0.05) is 31.2 Å². The number of fused-ring (bicyclic) bond motifs is 1. The van der Waals surface area contributed by atoms with Gasteiger partial charge in [-0.3, -0.25) is 9.69 Å². The van der Waals surface area contributed by atoms with Crippen LogP contribution in [0.15, 0.2) is 36.5 Å². The minimum Gasteiger partial charge on any atom is -0.358 e. The minimum atomic E-state index is -0.824. The number of pyridine rings is 1. The first kappa shape index (κ1) is 24.5. The highest BCUT2D eigenvalue weighted by Crippen LogP contribution is 2.30. The third-order valence-corrected chi connectivity index (χ3v) is 7.28. The van der Waals surface area contributed by atoms with Gasteiger partial charge in [-0.25, -0.2) is 4.98 Å². The minimum absolute atomic E-state index is 0.0674. The van der Waals surface area contributed by atoms with E-state index in [1.54, 1.807) is 6.20 Å². The van der Waals surface area contributed by atoms with Gasteiger partial charge in [-0.1, -0.05) is 64.3 Å². The quantitative estimate of drug-likeness (QED) is 0.598. The lowest BCUT2D eigenvalue weighted by Gasteiger charge is -2.31. The Balaban J connectivity index is 1.48. The van der Waals surface area contributed by atoms with Gasteiger partial charge >= 0.3 is 0 Å². The first-order chi connectivity index (χ1) is 16.3. The standard InChI is InChI=1S/C28H39N5O/c1-27(2,3)17-24(31-25-23-12-8-7-11-22(23)13-15-30-25)26(34)32-28(19-29)14-16-33(20-28)18-21-9-5-4-6-10-21/h7-8,11-13,15,21,24H,4-6,9-10,14,16-18,20H2,1-3H3,(H,30,31)(H,32,34). The van der Waals surface area contributed by atoms with Crippen molar-refractivity contribution in [2.45, 2.75) is 77.3 Å². The Morgan fingerprint density at radius 2 is 2.00 bits per heavy atom. The number of aromatic nitrogens is 1. The van der Waals surface area contributed by atoms with E-state index in [9.17, 15) is 10.1 Å². The van der Waals surface area contributed by atoms with E-state index >= 15 is 0 Å². The highest BCUT2D eigenvalue weighted by Gasteiger charge is 2.42. The number of carbonyl (C=O) groups is 1. The molecule has 0 spiro atoms. The van der Waals surface area contributed by atoms with Crippen LogP contribution < -0.4 is 10.6 Å². The number of carbonyl (C=O) groups excluding carboxylic acids is 1. The molecule has 4 rings (SSSR count). The number of benzene rings is 1. The van der Waals surface area contributed by atoms with Crippen molar-refractivity contribution in [3.63, 3.8) is 0 Å². The normalized spacial score (nSPS) is 22.9. The van der Waals surface area contributed by atoms with Crippen molar-refractivity contribution in [3.05, 3.63) is 36.5 Å². The summed E-state index contributed by atoms with van der Waals surface area (Å²) in [6.07, 6.45) is 9.65. The lowest BCUT2D eigenvalue weighted by Crippen LogP contribution is -2.54. The summed E-state index contributed by atoms with van der Waals surface area (Å²) in [5, 5.41) is 18.8. The smallest absolute Gasteiger partial charge is 0.243 e. The van der Waals surface area contributed by atoms with Crippen LogP contribution in [0, 0.1) is 22.7 Å². The van der Waals surface area contributed by atoms with Crippen LogP contribution in [0.4, 0.5) is 5.82 Å². The van der Waals surface area contributed by atoms with Gasteiger partial charge in [0.1, 0.15) is 17.4 Å². The predicted molar refractivity (Wildman–Crippen MR) is 137 cm³/mol. The van der Waals surface area contributed by atoms with Gasteiger partial charge in [0.25, 0.3) is 0 Å². The molecule has 1 amide bonds. The Kier molecular flexibility index (Phi) is 7.42. The van der Waals surface area contributed by atoms with E-state index in [0.29, 0.717) is 25.2 Å². The monoisotopic (exact) mass is 461 g/mol. The summed E-state index contributed by atoms with van der Waals surface area (Å²) >= 11 is 0. The number of hydrogen-bond acceptors (Lipinski definition) is 5. The number of anilines is 1. The van der Waals surface area contributed by atoms with Crippen LogP contribution in [0.2, 0.25) is 0 Å². The first-order valence-corrected chi connectivity index (χ1v) is 12.8. The summed E-state index contributed by atoms with van der Waals surface area (Å²) in [6.45, 7) is 8.92. The van der Waals surface area contributed by atoms with Crippen LogP contribution in [0.5, 0.6) is 0 Å². The molecule has 182 valence electrons. The highest BCUT2D eigenvalue weighted by molar-refractivity contribution is 5.94. The van der Waals surface area contributed by atoms with Crippen LogP contribution in [0.1, 0.15) is 65.7 Å². The SMILES string of the molecule is CC(C)(C)CC(Nc1nccc2ccccc12)C(=O)NC1(C#N)CCN(CC2CCCCC2)C1. The molecule has 2 fully saturated rings. The molecular formula is C28H39N5O. The number of amides is 1. The molecule has 34 heavy (non-hydrogen) atoms. The van der Waals surface area contributed by atoms with Gasteiger partial charge in [-0.2, -0.15) is 5.26 Å². The maximum atomic E-state index is 13.6.